The number of amides is 1. The Morgan fingerprint density at radius 3 is 2.29 bits per heavy atom. The molecule has 1 aliphatic heterocycles. The number of ether oxygens (including phenoxy) is 2. The summed E-state index contributed by atoms with van der Waals surface area (Å²) in [4.78, 5) is 35.7. The number of nitrogen functional groups attached to an aromatic ring is 1. The van der Waals surface area contributed by atoms with Crippen molar-refractivity contribution in [3.63, 3.8) is 0 Å². The standard InChI is InChI=1S/C33H37N3O2S.C7H13NO2/c1-19-16-25(33(37)38-5)12-14-27(19)30(23-10-8-6-7-9-11-23)20(2)26-17-24-13-15-29(36-31(24)28(34)18-26)32-21(3)35-22(4)39-32;1-2-7(9)8-3-5-10-6-4-8/h12-18,23H,6-11,34H2,1-5H3;2-6H2,1H3/b30-20+;. The van der Waals surface area contributed by atoms with E-state index in [9.17, 15) is 9.59 Å². The van der Waals surface area contributed by atoms with Crippen molar-refractivity contribution in [1.82, 2.24) is 14.9 Å². The number of esters is 1. The van der Waals surface area contributed by atoms with Crippen LogP contribution >= 0.6 is 11.3 Å². The molecule has 2 aromatic carbocycles. The Hall–Kier alpha value is -4.08. The zero-order chi connectivity index (χ0) is 35.1. The third kappa shape index (κ3) is 8.57. The van der Waals surface area contributed by atoms with Gasteiger partial charge in [-0.15, -0.1) is 11.3 Å². The number of morpholine rings is 1. The monoisotopic (exact) mass is 682 g/mol. The van der Waals surface area contributed by atoms with Crippen LogP contribution in [0.4, 0.5) is 5.69 Å². The van der Waals surface area contributed by atoms with Gasteiger partial charge in [-0.3, -0.25) is 4.79 Å². The first-order valence-electron chi connectivity index (χ1n) is 17.5. The minimum absolute atomic E-state index is 0.239. The van der Waals surface area contributed by atoms with Crippen molar-refractivity contribution in [2.75, 3.05) is 39.1 Å². The second-order valence-electron chi connectivity index (χ2n) is 13.1. The second-order valence-corrected chi connectivity index (χ2v) is 14.3. The lowest BCUT2D eigenvalue weighted by atomic mass is 9.80. The van der Waals surface area contributed by atoms with Crippen LogP contribution < -0.4 is 5.73 Å². The van der Waals surface area contributed by atoms with Crippen molar-refractivity contribution < 1.29 is 19.1 Å². The van der Waals surface area contributed by atoms with E-state index in [1.54, 1.807) is 11.3 Å². The zero-order valence-corrected chi connectivity index (χ0v) is 30.7. The van der Waals surface area contributed by atoms with Gasteiger partial charge in [0.1, 0.15) is 0 Å². The summed E-state index contributed by atoms with van der Waals surface area (Å²) in [5, 5.41) is 2.07. The topological polar surface area (TPSA) is 108 Å². The van der Waals surface area contributed by atoms with Gasteiger partial charge in [-0.2, -0.15) is 0 Å². The van der Waals surface area contributed by atoms with Crippen LogP contribution in [0.5, 0.6) is 0 Å². The third-order valence-electron chi connectivity index (χ3n) is 9.66. The molecular weight excluding hydrogens is 633 g/mol. The van der Waals surface area contributed by atoms with E-state index in [1.807, 2.05) is 37.8 Å². The van der Waals surface area contributed by atoms with E-state index in [-0.39, 0.29) is 11.9 Å². The van der Waals surface area contributed by atoms with Gasteiger partial charge in [-0.25, -0.2) is 14.8 Å². The van der Waals surface area contributed by atoms with Gasteiger partial charge < -0.3 is 20.1 Å². The number of allylic oxidation sites excluding steroid dienone is 2. The number of hydrogen-bond donors (Lipinski definition) is 1. The van der Waals surface area contributed by atoms with Crippen molar-refractivity contribution >= 4 is 50.9 Å². The van der Waals surface area contributed by atoms with Gasteiger partial charge in [-0.05, 0) is 105 Å². The molecule has 0 unspecified atom stereocenters. The van der Waals surface area contributed by atoms with Gasteiger partial charge in [0.05, 0.1) is 58.4 Å². The normalized spacial score (nSPS) is 16.0. The highest BCUT2D eigenvalue weighted by molar-refractivity contribution is 7.15. The molecule has 260 valence electrons. The number of aryl methyl sites for hydroxylation is 3. The van der Waals surface area contributed by atoms with Crippen LogP contribution in [0.2, 0.25) is 0 Å². The number of aromatic nitrogens is 2. The fourth-order valence-corrected chi connectivity index (χ4v) is 7.96. The smallest absolute Gasteiger partial charge is 0.337 e. The number of nitrogens with two attached hydrogens (primary N) is 1. The SMILES string of the molecule is CCC(=O)N1CCOCC1.COC(=O)c1ccc(/C(=C(\C)c2cc(N)c3nc(-c4sc(C)nc4C)ccc3c2)C2CCCCCC2)c(C)c1. The molecule has 6 rings (SSSR count). The van der Waals surface area contributed by atoms with E-state index < -0.39 is 0 Å². The molecule has 9 heteroatoms. The Kier molecular flexibility index (Phi) is 12.2. The number of rotatable bonds is 6. The van der Waals surface area contributed by atoms with Crippen LogP contribution in [0.15, 0.2) is 42.5 Å². The lowest BCUT2D eigenvalue weighted by Gasteiger charge is -2.26. The Balaban J connectivity index is 0.000000402. The molecule has 0 radical (unpaired) electrons. The lowest BCUT2D eigenvalue weighted by molar-refractivity contribution is -0.134. The van der Waals surface area contributed by atoms with Crippen LogP contribution in [0.25, 0.3) is 32.6 Å². The molecule has 3 heterocycles. The molecule has 1 amide bonds. The van der Waals surface area contributed by atoms with Crippen molar-refractivity contribution in [2.24, 2.45) is 5.92 Å². The highest BCUT2D eigenvalue weighted by Crippen LogP contribution is 2.42. The molecular formula is C40H50N4O4S. The van der Waals surface area contributed by atoms with Crippen LogP contribution in [0.3, 0.4) is 0 Å². The number of carbonyl (C=O) groups excluding carboxylic acids is 2. The molecule has 0 spiro atoms. The van der Waals surface area contributed by atoms with E-state index in [4.69, 9.17) is 20.2 Å². The molecule has 1 aliphatic carbocycles. The number of fused-ring (bicyclic) bond motifs is 1. The number of anilines is 1. The van der Waals surface area contributed by atoms with Gasteiger partial charge in [0.2, 0.25) is 5.91 Å². The number of hydrogen-bond acceptors (Lipinski definition) is 8. The molecule has 2 N–H and O–H groups in total. The first-order chi connectivity index (χ1) is 23.6. The number of nitrogens with zero attached hydrogens (tertiary/aromatic N) is 3. The molecule has 2 aliphatic rings. The Morgan fingerprint density at radius 2 is 1.67 bits per heavy atom. The largest absolute Gasteiger partial charge is 0.465 e. The lowest BCUT2D eigenvalue weighted by Crippen LogP contribution is -2.40. The fraction of sp³-hybridized carbons (Fsp3) is 0.450. The summed E-state index contributed by atoms with van der Waals surface area (Å²) in [6.45, 7) is 13.2. The molecule has 0 atom stereocenters. The Morgan fingerprint density at radius 1 is 0.959 bits per heavy atom. The van der Waals surface area contributed by atoms with E-state index in [2.05, 4.69) is 49.2 Å². The number of methoxy groups -OCH3 is 1. The first kappa shape index (κ1) is 36.2. The van der Waals surface area contributed by atoms with Gasteiger partial charge in [0, 0.05) is 24.9 Å². The summed E-state index contributed by atoms with van der Waals surface area (Å²) in [6.07, 6.45) is 8.02. The maximum atomic E-state index is 12.2. The maximum absolute atomic E-state index is 12.2. The van der Waals surface area contributed by atoms with Crippen LogP contribution in [0, 0.1) is 26.7 Å². The van der Waals surface area contributed by atoms with Crippen molar-refractivity contribution in [1.29, 1.82) is 0 Å². The van der Waals surface area contributed by atoms with Gasteiger partial charge in [0.15, 0.2) is 0 Å². The summed E-state index contributed by atoms with van der Waals surface area (Å²) in [7, 11) is 1.42. The Bertz CT molecular complexity index is 1830. The minimum Gasteiger partial charge on any atom is -0.465 e. The van der Waals surface area contributed by atoms with Gasteiger partial charge in [-0.1, -0.05) is 44.7 Å². The van der Waals surface area contributed by atoms with E-state index in [0.29, 0.717) is 36.8 Å². The predicted octanol–water partition coefficient (Wildman–Crippen LogP) is 8.81. The molecule has 2 aromatic heterocycles. The molecule has 4 aromatic rings. The number of benzene rings is 2. The van der Waals surface area contributed by atoms with Crippen LogP contribution in [-0.4, -0.2) is 60.2 Å². The van der Waals surface area contributed by atoms with Gasteiger partial charge >= 0.3 is 5.97 Å². The highest BCUT2D eigenvalue weighted by Gasteiger charge is 2.24. The number of carbonyl (C=O) groups is 2. The minimum atomic E-state index is -0.306. The Labute approximate surface area is 294 Å². The summed E-state index contributed by atoms with van der Waals surface area (Å²) >= 11 is 1.66. The first-order valence-corrected chi connectivity index (χ1v) is 18.3. The fourth-order valence-electron chi connectivity index (χ4n) is 7.07. The maximum Gasteiger partial charge on any atom is 0.337 e. The van der Waals surface area contributed by atoms with Gasteiger partial charge in [0.25, 0.3) is 0 Å². The molecule has 8 nitrogen and oxygen atoms in total. The van der Waals surface area contributed by atoms with Crippen molar-refractivity contribution in [3.05, 3.63) is 75.4 Å². The third-order valence-corrected chi connectivity index (χ3v) is 10.8. The molecule has 1 saturated carbocycles. The van der Waals surface area contributed by atoms with Crippen molar-refractivity contribution in [2.45, 2.75) is 79.6 Å². The quantitative estimate of drug-likeness (QED) is 0.0937. The number of pyridine rings is 1. The average Bonchev–Trinajstić information content (AvgIpc) is 3.27. The van der Waals surface area contributed by atoms with Crippen molar-refractivity contribution in [3.8, 4) is 10.6 Å². The van der Waals surface area contributed by atoms with E-state index in [0.717, 1.165) is 56.4 Å². The average molecular weight is 683 g/mol. The molecule has 0 bridgehead atoms. The molecule has 1 saturated heterocycles. The molecule has 49 heavy (non-hydrogen) atoms. The number of thiazole rings is 1. The summed E-state index contributed by atoms with van der Waals surface area (Å²) in [5.41, 5.74) is 16.7. The van der Waals surface area contributed by atoms with Crippen LogP contribution in [-0.2, 0) is 14.3 Å². The predicted molar refractivity (Wildman–Crippen MR) is 201 cm³/mol. The molecule has 2 fully saturated rings. The van der Waals surface area contributed by atoms with E-state index in [1.165, 1.54) is 62.3 Å². The second kappa shape index (κ2) is 16.5. The summed E-state index contributed by atoms with van der Waals surface area (Å²) in [5.74, 6) is 0.396. The summed E-state index contributed by atoms with van der Waals surface area (Å²) < 4.78 is 10.1. The van der Waals surface area contributed by atoms with E-state index >= 15 is 0 Å². The summed E-state index contributed by atoms with van der Waals surface area (Å²) in [6, 6.07) is 14.4. The van der Waals surface area contributed by atoms with Crippen LogP contribution in [0.1, 0.15) is 96.5 Å². The zero-order valence-electron chi connectivity index (χ0n) is 29.9. The highest BCUT2D eigenvalue weighted by atomic mass is 32.1.